The number of aromatic amines is 1. The fraction of sp³-hybridized carbons (Fsp3) is 0.533. The summed E-state index contributed by atoms with van der Waals surface area (Å²) in [5, 5.41) is 0. The Morgan fingerprint density at radius 2 is 2.05 bits per heavy atom. The highest BCUT2D eigenvalue weighted by atomic mass is 15.1. The molecule has 0 fully saturated rings. The van der Waals surface area contributed by atoms with Crippen LogP contribution in [0.2, 0.25) is 0 Å². The van der Waals surface area contributed by atoms with Crippen molar-refractivity contribution in [1.29, 1.82) is 0 Å². The number of benzene rings is 1. The van der Waals surface area contributed by atoms with Crippen LogP contribution in [0.3, 0.4) is 0 Å². The van der Waals surface area contributed by atoms with Gasteiger partial charge in [0.25, 0.3) is 0 Å². The summed E-state index contributed by atoms with van der Waals surface area (Å²) in [7, 11) is 4.24. The zero-order valence-corrected chi connectivity index (χ0v) is 12.2. The van der Waals surface area contributed by atoms with Gasteiger partial charge in [0, 0.05) is 6.04 Å². The molecule has 2 aromatic rings. The van der Waals surface area contributed by atoms with Gasteiger partial charge in [0.1, 0.15) is 0 Å². The van der Waals surface area contributed by atoms with Gasteiger partial charge in [-0.2, -0.15) is 0 Å². The number of fused-ring (bicyclic) bond motifs is 1. The SMILES string of the molecule is CC(C)C(CN)C(c1ccc2nc[nH]c2c1)N(C)C. The first kappa shape index (κ1) is 14.0. The molecule has 4 heteroatoms. The average molecular weight is 260 g/mol. The van der Waals surface area contributed by atoms with Gasteiger partial charge >= 0.3 is 0 Å². The van der Waals surface area contributed by atoms with E-state index in [1.165, 1.54) is 5.56 Å². The first-order valence-electron chi connectivity index (χ1n) is 6.84. The van der Waals surface area contributed by atoms with E-state index in [0.29, 0.717) is 24.4 Å². The minimum atomic E-state index is 0.331. The summed E-state index contributed by atoms with van der Waals surface area (Å²) in [5.74, 6) is 0.991. The van der Waals surface area contributed by atoms with Crippen molar-refractivity contribution in [3.63, 3.8) is 0 Å². The second kappa shape index (κ2) is 5.72. The number of nitrogens with one attached hydrogen (secondary N) is 1. The van der Waals surface area contributed by atoms with Crippen molar-refractivity contribution in [2.24, 2.45) is 17.6 Å². The van der Waals surface area contributed by atoms with E-state index in [4.69, 9.17) is 5.73 Å². The van der Waals surface area contributed by atoms with Gasteiger partial charge in [-0.15, -0.1) is 0 Å². The van der Waals surface area contributed by atoms with E-state index in [-0.39, 0.29) is 0 Å². The Labute approximate surface area is 115 Å². The van der Waals surface area contributed by atoms with Gasteiger partial charge in [-0.3, -0.25) is 0 Å². The molecule has 0 saturated heterocycles. The minimum Gasteiger partial charge on any atom is -0.345 e. The lowest BCUT2D eigenvalue weighted by atomic mass is 9.84. The van der Waals surface area contributed by atoms with E-state index in [9.17, 15) is 0 Å². The monoisotopic (exact) mass is 260 g/mol. The molecule has 2 atom stereocenters. The highest BCUT2D eigenvalue weighted by Crippen LogP contribution is 2.32. The van der Waals surface area contributed by atoms with Gasteiger partial charge in [0.2, 0.25) is 0 Å². The fourth-order valence-electron chi connectivity index (χ4n) is 2.83. The highest BCUT2D eigenvalue weighted by Gasteiger charge is 2.26. The zero-order chi connectivity index (χ0) is 14.0. The van der Waals surface area contributed by atoms with Crippen molar-refractivity contribution in [3.8, 4) is 0 Å². The Morgan fingerprint density at radius 1 is 1.32 bits per heavy atom. The van der Waals surface area contributed by atoms with E-state index < -0.39 is 0 Å². The number of hydrogen-bond acceptors (Lipinski definition) is 3. The number of hydrogen-bond donors (Lipinski definition) is 2. The molecule has 3 N–H and O–H groups in total. The summed E-state index contributed by atoms with van der Waals surface area (Å²) in [5.41, 5.74) is 9.39. The molecular formula is C15H24N4. The maximum Gasteiger partial charge on any atom is 0.0931 e. The normalized spacial score (nSPS) is 15.3. The highest BCUT2D eigenvalue weighted by molar-refractivity contribution is 5.75. The zero-order valence-electron chi connectivity index (χ0n) is 12.2. The molecule has 0 aliphatic heterocycles. The molecule has 1 aromatic carbocycles. The molecular weight excluding hydrogens is 236 g/mol. The molecule has 4 nitrogen and oxygen atoms in total. The van der Waals surface area contributed by atoms with Crippen LogP contribution in [-0.2, 0) is 0 Å². The molecule has 0 saturated carbocycles. The Hall–Kier alpha value is -1.39. The molecule has 0 bridgehead atoms. The molecule has 104 valence electrons. The number of H-pyrrole nitrogens is 1. The number of nitrogens with zero attached hydrogens (tertiary/aromatic N) is 2. The molecule has 1 aromatic heterocycles. The lowest BCUT2D eigenvalue weighted by Crippen LogP contribution is -2.35. The van der Waals surface area contributed by atoms with Crippen LogP contribution in [0.5, 0.6) is 0 Å². The second-order valence-electron chi connectivity index (χ2n) is 5.73. The average Bonchev–Trinajstić information content (AvgIpc) is 2.81. The summed E-state index contributed by atoms with van der Waals surface area (Å²) >= 11 is 0. The number of imidazole rings is 1. The Bertz CT molecular complexity index is 530. The summed E-state index contributed by atoms with van der Waals surface area (Å²) < 4.78 is 0. The van der Waals surface area contributed by atoms with Crippen LogP contribution in [0, 0.1) is 11.8 Å². The number of aromatic nitrogens is 2. The minimum absolute atomic E-state index is 0.331. The summed E-state index contributed by atoms with van der Waals surface area (Å²) in [4.78, 5) is 9.71. The van der Waals surface area contributed by atoms with E-state index in [2.05, 4.69) is 61.0 Å². The van der Waals surface area contributed by atoms with Gasteiger partial charge < -0.3 is 15.6 Å². The molecule has 2 unspecified atom stereocenters. The standard InChI is InChI=1S/C15H24N4/c1-10(2)12(8-16)15(19(3)4)11-5-6-13-14(7-11)18-9-17-13/h5-7,9-10,12,15H,8,16H2,1-4H3,(H,17,18). The maximum absolute atomic E-state index is 6.00. The Morgan fingerprint density at radius 3 is 2.63 bits per heavy atom. The lowest BCUT2D eigenvalue weighted by molar-refractivity contribution is 0.176. The third kappa shape index (κ3) is 2.80. The van der Waals surface area contributed by atoms with Crippen molar-refractivity contribution >= 4 is 11.0 Å². The van der Waals surface area contributed by atoms with E-state index in [1.54, 1.807) is 6.33 Å². The predicted molar refractivity (Wildman–Crippen MR) is 79.9 cm³/mol. The molecule has 0 aliphatic carbocycles. The van der Waals surface area contributed by atoms with Crippen LogP contribution in [0.15, 0.2) is 24.5 Å². The first-order chi connectivity index (χ1) is 9.04. The van der Waals surface area contributed by atoms with Crippen LogP contribution in [-0.4, -0.2) is 35.5 Å². The third-order valence-corrected chi connectivity index (χ3v) is 3.88. The lowest BCUT2D eigenvalue weighted by Gasteiger charge is -2.34. The quantitative estimate of drug-likeness (QED) is 0.868. The van der Waals surface area contributed by atoms with E-state index in [1.807, 2.05) is 0 Å². The van der Waals surface area contributed by atoms with Gasteiger partial charge in [-0.05, 0) is 50.2 Å². The van der Waals surface area contributed by atoms with Crippen LogP contribution in [0.1, 0.15) is 25.5 Å². The first-order valence-corrected chi connectivity index (χ1v) is 6.84. The maximum atomic E-state index is 6.00. The molecule has 0 amide bonds. The molecule has 0 aliphatic rings. The second-order valence-corrected chi connectivity index (χ2v) is 5.73. The Kier molecular flexibility index (Phi) is 4.22. The van der Waals surface area contributed by atoms with Gasteiger partial charge in [0.05, 0.1) is 17.4 Å². The van der Waals surface area contributed by atoms with Crippen LogP contribution < -0.4 is 5.73 Å². The van der Waals surface area contributed by atoms with Crippen LogP contribution in [0.25, 0.3) is 11.0 Å². The van der Waals surface area contributed by atoms with Crippen molar-refractivity contribution < 1.29 is 0 Å². The molecule has 0 radical (unpaired) electrons. The van der Waals surface area contributed by atoms with E-state index in [0.717, 1.165) is 11.0 Å². The van der Waals surface area contributed by atoms with Crippen LogP contribution in [0.4, 0.5) is 0 Å². The van der Waals surface area contributed by atoms with Crippen molar-refractivity contribution in [1.82, 2.24) is 14.9 Å². The molecule has 2 rings (SSSR count). The van der Waals surface area contributed by atoms with Crippen molar-refractivity contribution in [2.45, 2.75) is 19.9 Å². The number of nitrogens with two attached hydrogens (primary N) is 1. The summed E-state index contributed by atoms with van der Waals surface area (Å²) in [6.07, 6.45) is 1.74. The fourth-order valence-corrected chi connectivity index (χ4v) is 2.83. The molecule has 1 heterocycles. The smallest absolute Gasteiger partial charge is 0.0931 e. The summed E-state index contributed by atoms with van der Waals surface area (Å²) in [6.45, 7) is 5.17. The largest absolute Gasteiger partial charge is 0.345 e. The Balaban J connectivity index is 2.42. The third-order valence-electron chi connectivity index (χ3n) is 3.88. The van der Waals surface area contributed by atoms with Crippen molar-refractivity contribution in [3.05, 3.63) is 30.1 Å². The molecule has 0 spiro atoms. The van der Waals surface area contributed by atoms with Gasteiger partial charge in [-0.25, -0.2) is 4.98 Å². The van der Waals surface area contributed by atoms with Gasteiger partial charge in [-0.1, -0.05) is 19.9 Å². The van der Waals surface area contributed by atoms with Crippen LogP contribution >= 0.6 is 0 Å². The van der Waals surface area contributed by atoms with E-state index >= 15 is 0 Å². The number of rotatable bonds is 5. The van der Waals surface area contributed by atoms with Gasteiger partial charge in [0.15, 0.2) is 0 Å². The predicted octanol–water partition coefficient (Wildman–Crippen LogP) is 2.40. The molecule has 19 heavy (non-hydrogen) atoms. The topological polar surface area (TPSA) is 57.9 Å². The van der Waals surface area contributed by atoms with Crippen molar-refractivity contribution in [2.75, 3.05) is 20.6 Å². The summed E-state index contributed by atoms with van der Waals surface area (Å²) in [6, 6.07) is 6.76.